The van der Waals surface area contributed by atoms with Crippen LogP contribution in [0.3, 0.4) is 0 Å². The first-order valence-electron chi connectivity index (χ1n) is 5.75. The molecular weight excluding hydrogens is 208 g/mol. The second-order valence-corrected chi connectivity index (χ2v) is 3.86. The third kappa shape index (κ3) is 5.76. The minimum absolute atomic E-state index is 0.0129. The molecule has 1 nitrogen and oxygen atoms in total. The van der Waals surface area contributed by atoms with Crippen LogP contribution in [-0.4, -0.2) is 5.11 Å². The molecule has 92 valence electrons. The van der Waals surface area contributed by atoms with Gasteiger partial charge in [-0.3, -0.25) is 0 Å². The largest absolute Gasteiger partial charge is 0.509 e. The molecule has 1 N–H and O–H groups in total. The predicted molar refractivity (Wildman–Crippen MR) is 77.0 cm³/mol. The lowest BCUT2D eigenvalue weighted by Crippen LogP contribution is -1.90. The second-order valence-electron chi connectivity index (χ2n) is 3.86. The van der Waals surface area contributed by atoms with E-state index in [-0.39, 0.29) is 5.76 Å². The van der Waals surface area contributed by atoms with E-state index >= 15 is 0 Å². The van der Waals surface area contributed by atoms with E-state index in [1.54, 1.807) is 6.08 Å². The van der Waals surface area contributed by atoms with E-state index in [1.165, 1.54) is 6.08 Å². The standard InChI is InChI=1S/C16H22O/c1-7-12(3)11-16(8-2)15(6)13(4)9-10-14(5)17/h9-11,17H,3-8H2,1-2H3/b10-9-,16-11-. The maximum atomic E-state index is 8.98. The Morgan fingerprint density at radius 2 is 1.59 bits per heavy atom. The zero-order chi connectivity index (χ0) is 13.4. The monoisotopic (exact) mass is 230 g/mol. The molecule has 0 aromatic heterocycles. The molecule has 0 aliphatic rings. The smallest absolute Gasteiger partial charge is 0.108 e. The molecule has 0 aliphatic carbocycles. The molecular formula is C16H22O. The van der Waals surface area contributed by atoms with Crippen LogP contribution >= 0.6 is 0 Å². The van der Waals surface area contributed by atoms with Gasteiger partial charge in [0.2, 0.25) is 0 Å². The van der Waals surface area contributed by atoms with Gasteiger partial charge in [0.1, 0.15) is 5.76 Å². The Labute approximate surface area is 105 Å². The summed E-state index contributed by atoms with van der Waals surface area (Å²) in [7, 11) is 0. The van der Waals surface area contributed by atoms with Crippen molar-refractivity contribution < 1.29 is 5.11 Å². The Bertz CT molecular complexity index is 392. The Kier molecular flexibility index (Phi) is 6.73. The summed E-state index contributed by atoms with van der Waals surface area (Å²) in [6.45, 7) is 19.4. The molecule has 1 heteroatoms. The molecule has 0 radical (unpaired) electrons. The fraction of sp³-hybridized carbons (Fsp3) is 0.250. The summed E-state index contributed by atoms with van der Waals surface area (Å²) in [4.78, 5) is 0. The quantitative estimate of drug-likeness (QED) is 0.480. The van der Waals surface area contributed by atoms with Crippen molar-refractivity contribution in [1.29, 1.82) is 0 Å². The fourth-order valence-electron chi connectivity index (χ4n) is 1.25. The van der Waals surface area contributed by atoms with Crippen molar-refractivity contribution in [3.63, 3.8) is 0 Å². The van der Waals surface area contributed by atoms with Crippen LogP contribution in [0.4, 0.5) is 0 Å². The zero-order valence-electron chi connectivity index (χ0n) is 10.9. The van der Waals surface area contributed by atoms with Gasteiger partial charge in [-0.05, 0) is 35.6 Å². The average Bonchev–Trinajstić information content (AvgIpc) is 2.31. The first-order chi connectivity index (χ1) is 7.92. The first kappa shape index (κ1) is 15.2. The number of aliphatic hydroxyl groups is 1. The highest BCUT2D eigenvalue weighted by Crippen LogP contribution is 2.22. The Hall–Kier alpha value is -1.76. The lowest BCUT2D eigenvalue weighted by atomic mass is 9.96. The van der Waals surface area contributed by atoms with Crippen molar-refractivity contribution in [2.75, 3.05) is 0 Å². The van der Waals surface area contributed by atoms with Gasteiger partial charge in [0.25, 0.3) is 0 Å². The summed E-state index contributed by atoms with van der Waals surface area (Å²) in [6, 6.07) is 0. The van der Waals surface area contributed by atoms with Crippen LogP contribution in [0.25, 0.3) is 0 Å². The zero-order valence-corrected chi connectivity index (χ0v) is 10.9. The second kappa shape index (κ2) is 7.50. The van der Waals surface area contributed by atoms with Gasteiger partial charge in [0.05, 0.1) is 0 Å². The van der Waals surface area contributed by atoms with Gasteiger partial charge < -0.3 is 5.11 Å². The van der Waals surface area contributed by atoms with Crippen LogP contribution < -0.4 is 0 Å². The van der Waals surface area contributed by atoms with E-state index in [4.69, 9.17) is 5.11 Å². The normalized spacial score (nSPS) is 11.5. The van der Waals surface area contributed by atoms with E-state index in [9.17, 15) is 0 Å². The van der Waals surface area contributed by atoms with Crippen molar-refractivity contribution in [3.8, 4) is 0 Å². The van der Waals surface area contributed by atoms with Crippen LogP contribution in [0.15, 0.2) is 72.6 Å². The third-order valence-corrected chi connectivity index (χ3v) is 2.47. The van der Waals surface area contributed by atoms with Crippen LogP contribution in [-0.2, 0) is 0 Å². The van der Waals surface area contributed by atoms with Gasteiger partial charge in [-0.15, -0.1) is 0 Å². The van der Waals surface area contributed by atoms with Gasteiger partial charge in [-0.2, -0.15) is 0 Å². The fourth-order valence-corrected chi connectivity index (χ4v) is 1.25. The van der Waals surface area contributed by atoms with E-state index in [1.807, 2.05) is 0 Å². The molecule has 0 aromatic rings. The third-order valence-electron chi connectivity index (χ3n) is 2.47. The SMILES string of the molecule is C=C(O)/C=C\C(=C)C(=C)/C(=C\C(=C)CC)CC. The van der Waals surface area contributed by atoms with E-state index in [0.29, 0.717) is 0 Å². The number of aliphatic hydroxyl groups excluding tert-OH is 1. The molecule has 0 saturated carbocycles. The molecule has 0 bridgehead atoms. The maximum Gasteiger partial charge on any atom is 0.108 e. The molecule has 0 atom stereocenters. The van der Waals surface area contributed by atoms with E-state index in [0.717, 1.165) is 35.1 Å². The Balaban J connectivity index is 4.88. The van der Waals surface area contributed by atoms with Gasteiger partial charge >= 0.3 is 0 Å². The van der Waals surface area contributed by atoms with E-state index < -0.39 is 0 Å². The highest BCUT2D eigenvalue weighted by atomic mass is 16.3. The number of allylic oxidation sites excluding steroid dienone is 7. The van der Waals surface area contributed by atoms with Crippen molar-refractivity contribution in [2.24, 2.45) is 0 Å². The Morgan fingerprint density at radius 3 is 2.00 bits per heavy atom. The summed E-state index contributed by atoms with van der Waals surface area (Å²) in [5.41, 5.74) is 3.85. The van der Waals surface area contributed by atoms with Crippen LogP contribution in [0.2, 0.25) is 0 Å². The number of rotatable bonds is 7. The molecule has 0 amide bonds. The van der Waals surface area contributed by atoms with Crippen LogP contribution in [0.1, 0.15) is 26.7 Å². The summed E-state index contributed by atoms with van der Waals surface area (Å²) in [5.74, 6) is 0.0129. The van der Waals surface area contributed by atoms with Gasteiger partial charge in [0.15, 0.2) is 0 Å². The topological polar surface area (TPSA) is 20.2 Å². The number of hydrogen-bond donors (Lipinski definition) is 1. The highest BCUT2D eigenvalue weighted by Gasteiger charge is 2.03. The van der Waals surface area contributed by atoms with Crippen molar-refractivity contribution in [3.05, 3.63) is 72.6 Å². The summed E-state index contributed by atoms with van der Waals surface area (Å²) < 4.78 is 0. The lowest BCUT2D eigenvalue weighted by molar-refractivity contribution is 0.435. The van der Waals surface area contributed by atoms with E-state index in [2.05, 4.69) is 46.2 Å². The van der Waals surface area contributed by atoms with Crippen LogP contribution in [0.5, 0.6) is 0 Å². The number of hydrogen-bond acceptors (Lipinski definition) is 1. The summed E-state index contributed by atoms with van der Waals surface area (Å²) in [5, 5.41) is 8.98. The Morgan fingerprint density at radius 1 is 1.00 bits per heavy atom. The molecule has 0 aliphatic heterocycles. The van der Waals surface area contributed by atoms with Crippen LogP contribution in [0, 0.1) is 0 Å². The van der Waals surface area contributed by atoms with Crippen molar-refractivity contribution in [2.45, 2.75) is 26.7 Å². The van der Waals surface area contributed by atoms with Crippen molar-refractivity contribution >= 4 is 0 Å². The molecule has 0 rings (SSSR count). The molecule has 0 aromatic carbocycles. The molecule has 17 heavy (non-hydrogen) atoms. The molecule has 0 heterocycles. The summed E-state index contributed by atoms with van der Waals surface area (Å²) >= 11 is 0. The van der Waals surface area contributed by atoms with Crippen molar-refractivity contribution in [1.82, 2.24) is 0 Å². The minimum Gasteiger partial charge on any atom is -0.509 e. The van der Waals surface area contributed by atoms with Gasteiger partial charge in [-0.25, -0.2) is 0 Å². The highest BCUT2D eigenvalue weighted by molar-refractivity contribution is 5.50. The molecule has 0 unspecified atom stereocenters. The minimum atomic E-state index is 0.0129. The van der Waals surface area contributed by atoms with Gasteiger partial charge in [0, 0.05) is 0 Å². The first-order valence-corrected chi connectivity index (χ1v) is 5.75. The molecule has 0 fully saturated rings. The lowest BCUT2D eigenvalue weighted by Gasteiger charge is -2.10. The van der Waals surface area contributed by atoms with Gasteiger partial charge in [-0.1, -0.05) is 57.9 Å². The maximum absolute atomic E-state index is 8.98. The molecule has 0 spiro atoms. The predicted octanol–water partition coefficient (Wildman–Crippen LogP) is 5.03. The average molecular weight is 230 g/mol. The summed E-state index contributed by atoms with van der Waals surface area (Å²) in [6.07, 6.45) is 7.07. The molecule has 0 saturated heterocycles.